The second kappa shape index (κ2) is 12.9. The number of halogens is 2. The Morgan fingerprint density at radius 2 is 1.66 bits per heavy atom. The molecule has 0 bridgehead atoms. The normalized spacial score (nSPS) is 12.7. The molecule has 1 saturated heterocycles. The highest BCUT2D eigenvalue weighted by Gasteiger charge is 2.19. The van der Waals surface area contributed by atoms with E-state index in [1.54, 1.807) is 33.7 Å². The van der Waals surface area contributed by atoms with Crippen LogP contribution in [0.2, 0.25) is 0 Å². The SMILES string of the molecule is O=C(Nc1cc(Oc2ccc(-c3cnc(Cc4ccc(F)cc4)n(Cc4ccccc4)c3=O)cc2F)ccn1)N1CCCC1. The molecule has 1 aliphatic heterocycles. The number of ether oxygens (including phenoxy) is 1. The van der Waals surface area contributed by atoms with Crippen molar-refractivity contribution in [2.45, 2.75) is 25.8 Å². The highest BCUT2D eigenvalue weighted by Crippen LogP contribution is 2.29. The first-order valence-electron chi connectivity index (χ1n) is 14.3. The van der Waals surface area contributed by atoms with E-state index in [-0.39, 0.29) is 35.3 Å². The van der Waals surface area contributed by atoms with Crippen LogP contribution in [-0.4, -0.2) is 38.6 Å². The Morgan fingerprint density at radius 3 is 2.41 bits per heavy atom. The van der Waals surface area contributed by atoms with Gasteiger partial charge in [0.2, 0.25) is 0 Å². The van der Waals surface area contributed by atoms with Crippen LogP contribution in [-0.2, 0) is 13.0 Å². The van der Waals surface area contributed by atoms with E-state index in [2.05, 4.69) is 15.3 Å². The smallest absolute Gasteiger partial charge is 0.323 e. The molecule has 2 amide bonds. The standard InChI is InChI=1S/C34H29F2N5O3/c35-26-11-8-23(9-12-26)18-32-38-21-28(33(42)41(32)22-24-6-2-1-3-7-24)25-10-13-30(29(36)19-25)44-27-14-15-37-31(20-27)39-34(43)40-16-4-5-17-40/h1-3,6-15,19-21H,4-5,16-18,22H2,(H,37,39,43). The summed E-state index contributed by atoms with van der Waals surface area (Å²) in [5, 5.41) is 2.75. The fourth-order valence-corrected chi connectivity index (χ4v) is 5.11. The second-order valence-corrected chi connectivity index (χ2v) is 10.5. The van der Waals surface area contributed by atoms with Gasteiger partial charge >= 0.3 is 6.03 Å². The number of nitrogens with one attached hydrogen (secondary N) is 1. The topological polar surface area (TPSA) is 89.3 Å². The molecule has 1 aliphatic rings. The van der Waals surface area contributed by atoms with Crippen molar-refractivity contribution >= 4 is 11.8 Å². The first-order chi connectivity index (χ1) is 21.4. The molecule has 5 aromatic rings. The number of hydrogen-bond donors (Lipinski definition) is 1. The highest BCUT2D eigenvalue weighted by molar-refractivity contribution is 5.88. The predicted molar refractivity (Wildman–Crippen MR) is 163 cm³/mol. The molecule has 2 aromatic heterocycles. The van der Waals surface area contributed by atoms with Crippen LogP contribution in [0.4, 0.5) is 19.4 Å². The molecular weight excluding hydrogens is 564 g/mol. The first kappa shape index (κ1) is 28.7. The summed E-state index contributed by atoms with van der Waals surface area (Å²) in [6.07, 6.45) is 5.16. The Kier molecular flexibility index (Phi) is 8.40. The Bertz CT molecular complexity index is 1840. The molecule has 3 heterocycles. The molecular formula is C34H29F2N5O3. The van der Waals surface area contributed by atoms with Crippen LogP contribution in [0, 0.1) is 11.6 Å². The largest absolute Gasteiger partial charge is 0.454 e. The van der Waals surface area contributed by atoms with Gasteiger partial charge < -0.3 is 9.64 Å². The Labute approximate surface area is 252 Å². The summed E-state index contributed by atoms with van der Waals surface area (Å²) in [7, 11) is 0. The van der Waals surface area contributed by atoms with Crippen LogP contribution >= 0.6 is 0 Å². The quantitative estimate of drug-likeness (QED) is 0.218. The number of amides is 2. The van der Waals surface area contributed by atoms with E-state index in [9.17, 15) is 14.0 Å². The van der Waals surface area contributed by atoms with Gasteiger partial charge in [-0.15, -0.1) is 0 Å². The number of aromatic nitrogens is 3. The van der Waals surface area contributed by atoms with Crippen LogP contribution < -0.4 is 15.6 Å². The average Bonchev–Trinajstić information content (AvgIpc) is 3.58. The Hall–Kier alpha value is -5.38. The lowest BCUT2D eigenvalue weighted by atomic mass is 10.1. The zero-order chi connectivity index (χ0) is 30.5. The van der Waals surface area contributed by atoms with Gasteiger partial charge in [-0.3, -0.25) is 14.7 Å². The molecule has 0 atom stereocenters. The van der Waals surface area contributed by atoms with Gasteiger partial charge in [-0.05, 0) is 59.9 Å². The van der Waals surface area contributed by atoms with Crippen molar-refractivity contribution in [3.8, 4) is 22.6 Å². The number of hydrogen-bond acceptors (Lipinski definition) is 5. The third-order valence-electron chi connectivity index (χ3n) is 7.42. The summed E-state index contributed by atoms with van der Waals surface area (Å²) >= 11 is 0. The second-order valence-electron chi connectivity index (χ2n) is 10.5. The van der Waals surface area contributed by atoms with Crippen LogP contribution in [0.5, 0.6) is 11.5 Å². The minimum absolute atomic E-state index is 0.0535. The van der Waals surface area contributed by atoms with E-state index in [4.69, 9.17) is 4.74 Å². The number of carbonyl (C=O) groups excluding carboxylic acids is 1. The van der Waals surface area contributed by atoms with E-state index in [1.165, 1.54) is 42.7 Å². The van der Waals surface area contributed by atoms with Crippen molar-refractivity contribution < 1.29 is 18.3 Å². The van der Waals surface area contributed by atoms with E-state index < -0.39 is 5.82 Å². The number of anilines is 1. The van der Waals surface area contributed by atoms with E-state index in [0.29, 0.717) is 42.5 Å². The Morgan fingerprint density at radius 1 is 0.886 bits per heavy atom. The Balaban J connectivity index is 1.25. The maximum Gasteiger partial charge on any atom is 0.323 e. The van der Waals surface area contributed by atoms with Crippen molar-refractivity contribution in [3.63, 3.8) is 0 Å². The molecule has 6 rings (SSSR count). The summed E-state index contributed by atoms with van der Waals surface area (Å²) in [4.78, 5) is 36.7. The average molecular weight is 594 g/mol. The third-order valence-corrected chi connectivity index (χ3v) is 7.42. The lowest BCUT2D eigenvalue weighted by molar-refractivity contribution is 0.222. The zero-order valence-electron chi connectivity index (χ0n) is 23.7. The molecule has 222 valence electrons. The van der Waals surface area contributed by atoms with Gasteiger partial charge in [-0.1, -0.05) is 48.5 Å². The molecule has 0 aliphatic carbocycles. The molecule has 44 heavy (non-hydrogen) atoms. The summed E-state index contributed by atoms with van der Waals surface area (Å²) in [6, 6.07) is 22.7. The third kappa shape index (κ3) is 6.64. The van der Waals surface area contributed by atoms with E-state index in [1.807, 2.05) is 30.3 Å². The van der Waals surface area contributed by atoms with Crippen LogP contribution in [0.1, 0.15) is 29.8 Å². The van der Waals surface area contributed by atoms with Crippen LogP contribution in [0.25, 0.3) is 11.1 Å². The van der Waals surface area contributed by atoms with Gasteiger partial charge in [0.1, 0.15) is 23.2 Å². The van der Waals surface area contributed by atoms with Gasteiger partial charge in [-0.2, -0.15) is 0 Å². The zero-order valence-corrected chi connectivity index (χ0v) is 23.7. The number of benzene rings is 3. The van der Waals surface area contributed by atoms with E-state index >= 15 is 4.39 Å². The van der Waals surface area contributed by atoms with Gasteiger partial charge in [0, 0.05) is 38.0 Å². The van der Waals surface area contributed by atoms with Crippen molar-refractivity contribution in [3.05, 3.63) is 136 Å². The lowest BCUT2D eigenvalue weighted by Crippen LogP contribution is -2.32. The molecule has 0 unspecified atom stereocenters. The maximum absolute atomic E-state index is 15.3. The van der Waals surface area contributed by atoms with Gasteiger partial charge in [0.25, 0.3) is 5.56 Å². The summed E-state index contributed by atoms with van der Waals surface area (Å²) < 4.78 is 36.1. The fraction of sp³-hybridized carbons (Fsp3) is 0.176. The molecule has 1 N–H and O–H groups in total. The predicted octanol–water partition coefficient (Wildman–Crippen LogP) is 6.64. The maximum atomic E-state index is 15.3. The highest BCUT2D eigenvalue weighted by atomic mass is 19.1. The van der Waals surface area contributed by atoms with Crippen molar-refractivity contribution in [2.24, 2.45) is 0 Å². The van der Waals surface area contributed by atoms with Crippen molar-refractivity contribution in [1.29, 1.82) is 0 Å². The van der Waals surface area contributed by atoms with E-state index in [0.717, 1.165) is 24.0 Å². The first-order valence-corrected chi connectivity index (χ1v) is 14.3. The van der Waals surface area contributed by atoms with Gasteiger partial charge in [0.15, 0.2) is 11.6 Å². The molecule has 10 heteroatoms. The number of nitrogens with zero attached hydrogens (tertiary/aromatic N) is 4. The number of likely N-dealkylation sites (tertiary alicyclic amines) is 1. The van der Waals surface area contributed by atoms with Gasteiger partial charge in [0.05, 0.1) is 12.1 Å². The number of carbonyl (C=O) groups is 1. The number of rotatable bonds is 8. The minimum atomic E-state index is -0.675. The van der Waals surface area contributed by atoms with Crippen LogP contribution in [0.3, 0.4) is 0 Å². The summed E-state index contributed by atoms with van der Waals surface area (Å²) in [5.41, 5.74) is 1.94. The molecule has 1 fully saturated rings. The number of pyridine rings is 1. The monoisotopic (exact) mass is 593 g/mol. The summed E-state index contributed by atoms with van der Waals surface area (Å²) in [5.74, 6) is 0.0121. The van der Waals surface area contributed by atoms with Crippen molar-refractivity contribution in [2.75, 3.05) is 18.4 Å². The summed E-state index contributed by atoms with van der Waals surface area (Å²) in [6.45, 7) is 1.66. The molecule has 8 nitrogen and oxygen atoms in total. The number of urea groups is 1. The van der Waals surface area contributed by atoms with Crippen LogP contribution in [0.15, 0.2) is 102 Å². The molecule has 3 aromatic carbocycles. The van der Waals surface area contributed by atoms with Crippen molar-refractivity contribution in [1.82, 2.24) is 19.4 Å². The minimum Gasteiger partial charge on any atom is -0.454 e. The fourth-order valence-electron chi connectivity index (χ4n) is 5.11. The molecule has 0 saturated carbocycles. The molecule has 0 radical (unpaired) electrons. The van der Waals surface area contributed by atoms with Gasteiger partial charge in [-0.25, -0.2) is 23.5 Å². The lowest BCUT2D eigenvalue weighted by Gasteiger charge is -2.16. The molecule has 0 spiro atoms.